The normalized spacial score (nSPS) is 12.3. The van der Waals surface area contributed by atoms with E-state index in [1.165, 1.54) is 31.4 Å². The first-order valence-corrected chi connectivity index (χ1v) is 8.13. The van der Waals surface area contributed by atoms with Crippen LogP contribution in [0, 0.1) is 5.82 Å². The summed E-state index contributed by atoms with van der Waals surface area (Å²) in [5, 5.41) is 9.04. The number of unbranched alkanes of at least 4 members (excludes halogenated alkanes) is 4. The van der Waals surface area contributed by atoms with Crippen molar-refractivity contribution >= 4 is 17.7 Å². The molecule has 1 N–H and O–H groups in total. The molecule has 0 spiro atoms. The molecule has 0 heterocycles. The van der Waals surface area contributed by atoms with Crippen molar-refractivity contribution in [3.8, 4) is 0 Å². The van der Waals surface area contributed by atoms with E-state index in [2.05, 4.69) is 6.92 Å². The van der Waals surface area contributed by atoms with Gasteiger partial charge in [0.25, 0.3) is 0 Å². The lowest BCUT2D eigenvalue weighted by Gasteiger charge is -2.14. The standard InChI is InChI=1S/C16H23FO2S/c1-2-3-4-5-6-7-15(12-16(18)19)20-14-10-8-13(17)9-11-14/h8-11,15H,2-7,12H2,1H3,(H,18,19). The lowest BCUT2D eigenvalue weighted by molar-refractivity contribution is -0.137. The molecule has 0 aliphatic heterocycles. The van der Waals surface area contributed by atoms with E-state index in [0.717, 1.165) is 24.2 Å². The third-order valence-corrected chi connectivity index (χ3v) is 4.43. The summed E-state index contributed by atoms with van der Waals surface area (Å²) in [7, 11) is 0. The van der Waals surface area contributed by atoms with Gasteiger partial charge in [-0.25, -0.2) is 4.39 Å². The molecule has 4 heteroatoms. The van der Waals surface area contributed by atoms with Crippen LogP contribution in [0.15, 0.2) is 29.2 Å². The molecular formula is C16H23FO2S. The van der Waals surface area contributed by atoms with E-state index in [1.54, 1.807) is 23.9 Å². The van der Waals surface area contributed by atoms with Crippen LogP contribution in [-0.4, -0.2) is 16.3 Å². The molecule has 0 aliphatic carbocycles. The summed E-state index contributed by atoms with van der Waals surface area (Å²) in [4.78, 5) is 11.9. The summed E-state index contributed by atoms with van der Waals surface area (Å²) in [6, 6.07) is 6.26. The lowest BCUT2D eigenvalue weighted by Crippen LogP contribution is -2.10. The van der Waals surface area contributed by atoms with Gasteiger partial charge in [-0.05, 0) is 30.7 Å². The van der Waals surface area contributed by atoms with Crippen LogP contribution in [-0.2, 0) is 4.79 Å². The Hall–Kier alpha value is -1.03. The molecule has 0 saturated heterocycles. The van der Waals surface area contributed by atoms with Crippen molar-refractivity contribution in [3.05, 3.63) is 30.1 Å². The van der Waals surface area contributed by atoms with Gasteiger partial charge in [0.05, 0.1) is 6.42 Å². The third-order valence-electron chi connectivity index (χ3n) is 3.15. The maximum absolute atomic E-state index is 12.9. The molecule has 1 aromatic rings. The van der Waals surface area contributed by atoms with Gasteiger partial charge >= 0.3 is 5.97 Å². The molecule has 1 unspecified atom stereocenters. The van der Waals surface area contributed by atoms with E-state index >= 15 is 0 Å². The average molecular weight is 298 g/mol. The number of rotatable bonds is 10. The second kappa shape index (κ2) is 9.81. The average Bonchev–Trinajstić information content (AvgIpc) is 2.40. The number of carbonyl (C=O) groups is 1. The predicted molar refractivity (Wildman–Crippen MR) is 81.7 cm³/mol. The Morgan fingerprint density at radius 1 is 1.20 bits per heavy atom. The first-order valence-electron chi connectivity index (χ1n) is 7.26. The van der Waals surface area contributed by atoms with Gasteiger partial charge < -0.3 is 5.11 Å². The van der Waals surface area contributed by atoms with Crippen LogP contribution in [0.3, 0.4) is 0 Å². The SMILES string of the molecule is CCCCCCCC(CC(=O)O)Sc1ccc(F)cc1. The van der Waals surface area contributed by atoms with Crippen LogP contribution >= 0.6 is 11.8 Å². The second-order valence-electron chi connectivity index (χ2n) is 4.99. The maximum atomic E-state index is 12.9. The van der Waals surface area contributed by atoms with Crippen molar-refractivity contribution in [2.45, 2.75) is 62.0 Å². The minimum absolute atomic E-state index is 0.0691. The number of hydrogen-bond acceptors (Lipinski definition) is 2. The van der Waals surface area contributed by atoms with Gasteiger partial charge in [0.2, 0.25) is 0 Å². The van der Waals surface area contributed by atoms with Crippen molar-refractivity contribution in [1.29, 1.82) is 0 Å². The Morgan fingerprint density at radius 3 is 2.45 bits per heavy atom. The van der Waals surface area contributed by atoms with Crippen molar-refractivity contribution < 1.29 is 14.3 Å². The van der Waals surface area contributed by atoms with Crippen LogP contribution in [0.4, 0.5) is 4.39 Å². The van der Waals surface area contributed by atoms with Crippen LogP contribution in [0.1, 0.15) is 51.9 Å². The predicted octanol–water partition coefficient (Wildman–Crippen LogP) is 5.12. The Labute approximate surface area is 124 Å². The van der Waals surface area contributed by atoms with Crippen molar-refractivity contribution in [1.82, 2.24) is 0 Å². The molecule has 1 aromatic carbocycles. The largest absolute Gasteiger partial charge is 0.481 e. The van der Waals surface area contributed by atoms with Gasteiger partial charge in [0, 0.05) is 10.1 Å². The monoisotopic (exact) mass is 298 g/mol. The highest BCUT2D eigenvalue weighted by Gasteiger charge is 2.14. The van der Waals surface area contributed by atoms with E-state index < -0.39 is 5.97 Å². The fraction of sp³-hybridized carbons (Fsp3) is 0.562. The molecule has 0 saturated carbocycles. The van der Waals surface area contributed by atoms with Crippen molar-refractivity contribution in [3.63, 3.8) is 0 Å². The van der Waals surface area contributed by atoms with E-state index in [1.807, 2.05) is 0 Å². The van der Waals surface area contributed by atoms with Crippen LogP contribution in [0.2, 0.25) is 0 Å². The smallest absolute Gasteiger partial charge is 0.304 e. The maximum Gasteiger partial charge on any atom is 0.304 e. The summed E-state index contributed by atoms with van der Waals surface area (Å²) in [6.07, 6.45) is 6.96. The zero-order chi connectivity index (χ0) is 14.8. The topological polar surface area (TPSA) is 37.3 Å². The molecule has 1 atom stereocenters. The molecule has 0 amide bonds. The van der Waals surface area contributed by atoms with Gasteiger partial charge in [-0.1, -0.05) is 39.0 Å². The molecule has 112 valence electrons. The zero-order valence-corrected chi connectivity index (χ0v) is 12.8. The third kappa shape index (κ3) is 7.53. The Bertz CT molecular complexity index is 392. The van der Waals surface area contributed by atoms with E-state index in [9.17, 15) is 9.18 Å². The van der Waals surface area contributed by atoms with Gasteiger partial charge in [0.15, 0.2) is 0 Å². The van der Waals surface area contributed by atoms with Crippen molar-refractivity contribution in [2.75, 3.05) is 0 Å². The number of benzene rings is 1. The van der Waals surface area contributed by atoms with Gasteiger partial charge in [-0.15, -0.1) is 11.8 Å². The van der Waals surface area contributed by atoms with Gasteiger partial charge in [-0.3, -0.25) is 4.79 Å². The summed E-state index contributed by atoms with van der Waals surface area (Å²) in [5.41, 5.74) is 0. The lowest BCUT2D eigenvalue weighted by atomic mass is 10.1. The van der Waals surface area contributed by atoms with Crippen LogP contribution < -0.4 is 0 Å². The Kier molecular flexibility index (Phi) is 8.35. The molecular weight excluding hydrogens is 275 g/mol. The van der Waals surface area contributed by atoms with E-state index in [0.29, 0.717) is 0 Å². The first kappa shape index (κ1) is 17.0. The molecule has 0 aromatic heterocycles. The number of carboxylic acids is 1. The Balaban J connectivity index is 2.42. The molecule has 1 rings (SSSR count). The molecule has 2 nitrogen and oxygen atoms in total. The molecule has 0 fully saturated rings. The summed E-state index contributed by atoms with van der Waals surface area (Å²) < 4.78 is 12.9. The number of hydrogen-bond donors (Lipinski definition) is 1. The summed E-state index contributed by atoms with van der Waals surface area (Å²) >= 11 is 1.54. The number of thioether (sulfide) groups is 1. The van der Waals surface area contributed by atoms with Gasteiger partial charge in [-0.2, -0.15) is 0 Å². The fourth-order valence-electron chi connectivity index (χ4n) is 2.08. The highest BCUT2D eigenvalue weighted by molar-refractivity contribution is 8.00. The number of carboxylic acid groups (broad SMARTS) is 1. The van der Waals surface area contributed by atoms with Crippen LogP contribution in [0.25, 0.3) is 0 Å². The highest BCUT2D eigenvalue weighted by atomic mass is 32.2. The van der Waals surface area contributed by atoms with Crippen LogP contribution in [0.5, 0.6) is 0 Å². The molecule has 20 heavy (non-hydrogen) atoms. The number of aliphatic carboxylic acids is 1. The molecule has 0 bridgehead atoms. The fourth-order valence-corrected chi connectivity index (χ4v) is 3.27. The molecule has 0 aliphatic rings. The number of halogens is 1. The Morgan fingerprint density at radius 2 is 1.85 bits per heavy atom. The summed E-state index contributed by atoms with van der Waals surface area (Å²) in [5.74, 6) is -1.03. The van der Waals surface area contributed by atoms with Crippen molar-refractivity contribution in [2.24, 2.45) is 0 Å². The minimum atomic E-state index is -0.766. The zero-order valence-electron chi connectivity index (χ0n) is 12.0. The van der Waals surface area contributed by atoms with E-state index in [4.69, 9.17) is 5.11 Å². The molecule has 0 radical (unpaired) electrons. The van der Waals surface area contributed by atoms with Gasteiger partial charge in [0.1, 0.15) is 5.82 Å². The summed E-state index contributed by atoms with van der Waals surface area (Å²) in [6.45, 7) is 2.18. The highest BCUT2D eigenvalue weighted by Crippen LogP contribution is 2.29. The minimum Gasteiger partial charge on any atom is -0.481 e. The quantitative estimate of drug-likeness (QED) is 0.481. The second-order valence-corrected chi connectivity index (χ2v) is 6.37. The van der Waals surface area contributed by atoms with E-state index in [-0.39, 0.29) is 17.5 Å². The first-order chi connectivity index (χ1) is 9.61.